The third-order valence-corrected chi connectivity index (χ3v) is 5.24. The second kappa shape index (κ2) is 5.84. The molecule has 0 aromatic rings. The highest BCUT2D eigenvalue weighted by Crippen LogP contribution is 2.38. The number of nitrogens with zero attached hydrogens (tertiary/aromatic N) is 1. The molecule has 0 radical (unpaired) electrons. The number of halogens is 3. The molecule has 1 N–H and O–H groups in total. The van der Waals surface area contributed by atoms with E-state index in [-0.39, 0.29) is 6.04 Å². The highest BCUT2D eigenvalue weighted by Gasteiger charge is 2.45. The molecule has 3 atom stereocenters. The van der Waals surface area contributed by atoms with Crippen LogP contribution in [0.25, 0.3) is 0 Å². The topological polar surface area (TPSA) is 15.3 Å². The van der Waals surface area contributed by atoms with Crippen molar-refractivity contribution in [1.82, 2.24) is 10.2 Å². The van der Waals surface area contributed by atoms with E-state index < -0.39 is 12.1 Å². The van der Waals surface area contributed by atoms with Crippen LogP contribution < -0.4 is 5.32 Å². The van der Waals surface area contributed by atoms with Gasteiger partial charge in [-0.1, -0.05) is 12.8 Å². The van der Waals surface area contributed by atoms with Crippen molar-refractivity contribution < 1.29 is 13.2 Å². The number of nitrogens with one attached hydrogen (secondary N) is 1. The lowest BCUT2D eigenvalue weighted by Gasteiger charge is -2.34. The van der Waals surface area contributed by atoms with Crippen LogP contribution in [0.1, 0.15) is 44.9 Å². The summed E-state index contributed by atoms with van der Waals surface area (Å²) in [5.74, 6) is -0.580. The summed E-state index contributed by atoms with van der Waals surface area (Å²) in [6.45, 7) is 2.99. The van der Waals surface area contributed by atoms with Gasteiger partial charge in [-0.15, -0.1) is 0 Å². The van der Waals surface area contributed by atoms with Gasteiger partial charge in [-0.25, -0.2) is 0 Å². The molecule has 0 spiro atoms. The van der Waals surface area contributed by atoms with Crippen LogP contribution in [0, 0.1) is 11.8 Å². The van der Waals surface area contributed by atoms with Crippen LogP contribution in [0.2, 0.25) is 0 Å². The molecule has 0 aromatic heterocycles. The van der Waals surface area contributed by atoms with E-state index >= 15 is 0 Å². The lowest BCUT2D eigenvalue weighted by molar-refractivity contribution is -0.189. The van der Waals surface area contributed by atoms with E-state index in [2.05, 4.69) is 10.2 Å². The summed E-state index contributed by atoms with van der Waals surface area (Å²) in [6, 6.07) is 0.441. The van der Waals surface area contributed by atoms with Crippen LogP contribution in [0.4, 0.5) is 13.2 Å². The Morgan fingerprint density at radius 3 is 2.45 bits per heavy atom. The van der Waals surface area contributed by atoms with Gasteiger partial charge < -0.3 is 10.2 Å². The standard InChI is InChI=1S/C15H25F3N2/c16-15(17,18)13-3-1-2-4-14(13)19-9-11-7-8-20(10-11)12-5-6-12/h11-14,19H,1-10H2. The van der Waals surface area contributed by atoms with Gasteiger partial charge >= 0.3 is 6.18 Å². The zero-order valence-corrected chi connectivity index (χ0v) is 12.0. The molecule has 116 valence electrons. The Labute approximate surface area is 119 Å². The van der Waals surface area contributed by atoms with Crippen LogP contribution in [0.5, 0.6) is 0 Å². The van der Waals surface area contributed by atoms with Crippen LogP contribution >= 0.6 is 0 Å². The van der Waals surface area contributed by atoms with E-state index in [1.807, 2.05) is 0 Å². The molecule has 3 rings (SSSR count). The lowest BCUT2D eigenvalue weighted by Crippen LogP contribution is -2.47. The molecule has 2 saturated carbocycles. The first-order chi connectivity index (χ1) is 9.54. The monoisotopic (exact) mass is 290 g/mol. The van der Waals surface area contributed by atoms with E-state index in [0.717, 1.165) is 44.9 Å². The molecular weight excluding hydrogens is 265 g/mol. The highest BCUT2D eigenvalue weighted by molar-refractivity contribution is 4.91. The molecule has 1 saturated heterocycles. The first-order valence-corrected chi connectivity index (χ1v) is 8.08. The molecule has 5 heteroatoms. The second-order valence-electron chi connectivity index (χ2n) is 6.83. The van der Waals surface area contributed by atoms with E-state index in [0.29, 0.717) is 18.8 Å². The summed E-state index contributed by atoms with van der Waals surface area (Å²) in [7, 11) is 0. The van der Waals surface area contributed by atoms with Crippen molar-refractivity contribution in [1.29, 1.82) is 0 Å². The van der Waals surface area contributed by atoms with Crippen molar-refractivity contribution in [3.05, 3.63) is 0 Å². The predicted molar refractivity (Wildman–Crippen MR) is 72.5 cm³/mol. The number of hydrogen-bond acceptors (Lipinski definition) is 2. The second-order valence-corrected chi connectivity index (χ2v) is 6.83. The molecule has 3 aliphatic rings. The average molecular weight is 290 g/mol. The molecule has 0 aromatic carbocycles. The zero-order chi connectivity index (χ0) is 14.2. The minimum absolute atomic E-state index is 0.306. The molecule has 1 aliphatic heterocycles. The zero-order valence-electron chi connectivity index (χ0n) is 12.0. The van der Waals surface area contributed by atoms with Gasteiger partial charge in [0.05, 0.1) is 5.92 Å². The van der Waals surface area contributed by atoms with Crippen LogP contribution in [-0.4, -0.2) is 42.8 Å². The number of hydrogen-bond donors (Lipinski definition) is 1. The SMILES string of the molecule is FC(F)(F)C1CCCCC1NCC1CCN(C2CC2)C1. The molecular formula is C15H25F3N2. The molecule has 3 fully saturated rings. The first kappa shape index (κ1) is 14.6. The third kappa shape index (κ3) is 3.48. The molecule has 1 heterocycles. The average Bonchev–Trinajstić information content (AvgIpc) is 3.15. The van der Waals surface area contributed by atoms with Gasteiger partial charge in [0.1, 0.15) is 0 Å². The summed E-state index contributed by atoms with van der Waals surface area (Å²) in [4.78, 5) is 2.52. The minimum Gasteiger partial charge on any atom is -0.313 e. The van der Waals surface area contributed by atoms with Gasteiger partial charge in [0, 0.05) is 18.6 Å². The predicted octanol–water partition coefficient (Wildman–Crippen LogP) is 3.18. The van der Waals surface area contributed by atoms with Crippen LogP contribution in [0.15, 0.2) is 0 Å². The largest absolute Gasteiger partial charge is 0.393 e. The summed E-state index contributed by atoms with van der Waals surface area (Å²) < 4.78 is 39.1. The number of alkyl halides is 3. The van der Waals surface area contributed by atoms with Gasteiger partial charge in [-0.05, 0) is 51.1 Å². The molecule has 3 unspecified atom stereocenters. The lowest BCUT2D eigenvalue weighted by atomic mass is 9.83. The summed E-state index contributed by atoms with van der Waals surface area (Å²) in [5, 5.41) is 3.25. The Morgan fingerprint density at radius 2 is 1.75 bits per heavy atom. The maximum Gasteiger partial charge on any atom is 0.393 e. The van der Waals surface area contributed by atoms with E-state index in [1.165, 1.54) is 12.8 Å². The molecule has 0 bridgehead atoms. The van der Waals surface area contributed by atoms with E-state index in [9.17, 15) is 13.2 Å². The van der Waals surface area contributed by atoms with Crippen molar-refractivity contribution in [2.24, 2.45) is 11.8 Å². The van der Waals surface area contributed by atoms with Crippen molar-refractivity contribution in [2.45, 2.75) is 63.2 Å². The molecule has 2 aliphatic carbocycles. The van der Waals surface area contributed by atoms with E-state index in [4.69, 9.17) is 0 Å². The first-order valence-electron chi connectivity index (χ1n) is 8.08. The van der Waals surface area contributed by atoms with Gasteiger partial charge in [0.2, 0.25) is 0 Å². The molecule has 2 nitrogen and oxygen atoms in total. The number of rotatable bonds is 4. The van der Waals surface area contributed by atoms with Crippen molar-refractivity contribution in [3.63, 3.8) is 0 Å². The van der Waals surface area contributed by atoms with E-state index in [1.54, 1.807) is 0 Å². The molecule has 0 amide bonds. The summed E-state index contributed by atoms with van der Waals surface area (Å²) in [6.07, 6.45) is 2.40. The van der Waals surface area contributed by atoms with Crippen LogP contribution in [0.3, 0.4) is 0 Å². The number of likely N-dealkylation sites (tertiary alicyclic amines) is 1. The van der Waals surface area contributed by atoms with Crippen LogP contribution in [-0.2, 0) is 0 Å². The Balaban J connectivity index is 1.46. The van der Waals surface area contributed by atoms with Gasteiger partial charge in [-0.3, -0.25) is 0 Å². The summed E-state index contributed by atoms with van der Waals surface area (Å²) >= 11 is 0. The van der Waals surface area contributed by atoms with Gasteiger partial charge in [0.15, 0.2) is 0 Å². The maximum atomic E-state index is 13.0. The maximum absolute atomic E-state index is 13.0. The Hall–Kier alpha value is -0.290. The van der Waals surface area contributed by atoms with Gasteiger partial charge in [0.25, 0.3) is 0 Å². The fourth-order valence-electron chi connectivity index (χ4n) is 3.89. The smallest absolute Gasteiger partial charge is 0.313 e. The third-order valence-electron chi connectivity index (χ3n) is 5.24. The Morgan fingerprint density at radius 1 is 1.00 bits per heavy atom. The fourth-order valence-corrected chi connectivity index (χ4v) is 3.89. The highest BCUT2D eigenvalue weighted by atomic mass is 19.4. The quantitative estimate of drug-likeness (QED) is 0.855. The van der Waals surface area contributed by atoms with Crippen molar-refractivity contribution >= 4 is 0 Å². The fraction of sp³-hybridized carbons (Fsp3) is 1.00. The van der Waals surface area contributed by atoms with Crippen molar-refractivity contribution in [3.8, 4) is 0 Å². The van der Waals surface area contributed by atoms with Crippen molar-refractivity contribution in [2.75, 3.05) is 19.6 Å². The summed E-state index contributed by atoms with van der Waals surface area (Å²) in [5.41, 5.74) is 0. The normalized spacial score (nSPS) is 36.5. The molecule has 20 heavy (non-hydrogen) atoms. The Kier molecular flexibility index (Phi) is 4.27. The Bertz CT molecular complexity index is 328. The van der Waals surface area contributed by atoms with Gasteiger partial charge in [-0.2, -0.15) is 13.2 Å². The minimum atomic E-state index is -4.03.